The molecule has 0 spiro atoms. The molecule has 0 aliphatic carbocycles. The molecule has 0 radical (unpaired) electrons. The summed E-state index contributed by atoms with van der Waals surface area (Å²) in [7, 11) is 0. The molecule has 2 aromatic rings. The molecule has 1 aromatic carbocycles. The van der Waals surface area contributed by atoms with Crippen molar-refractivity contribution < 1.29 is 4.39 Å². The molecule has 0 amide bonds. The third-order valence-corrected chi connectivity index (χ3v) is 2.44. The lowest BCUT2D eigenvalue weighted by atomic mass is 10.1. The van der Waals surface area contributed by atoms with Crippen LogP contribution in [0.25, 0.3) is 0 Å². The number of nitrogens with zero attached hydrogens (tertiary/aromatic N) is 2. The van der Waals surface area contributed by atoms with Gasteiger partial charge in [0.1, 0.15) is 5.82 Å². The average molecular weight is 249 g/mol. The van der Waals surface area contributed by atoms with E-state index in [2.05, 4.69) is 4.98 Å². The molecular formula is C14H20FN3. The zero-order valence-corrected chi connectivity index (χ0v) is 10.9. The normalized spacial score (nSPS) is 9.78. The quantitative estimate of drug-likeness (QED) is 0.905. The Hall–Kier alpha value is -1.68. The molecule has 98 valence electrons. The van der Waals surface area contributed by atoms with Crippen LogP contribution < -0.4 is 5.73 Å². The van der Waals surface area contributed by atoms with Crippen LogP contribution in [0.5, 0.6) is 0 Å². The van der Waals surface area contributed by atoms with E-state index in [-0.39, 0.29) is 5.82 Å². The maximum atomic E-state index is 13.0. The van der Waals surface area contributed by atoms with Crippen LogP contribution in [0.2, 0.25) is 0 Å². The minimum absolute atomic E-state index is 0.206. The molecule has 0 bridgehead atoms. The smallest absolute Gasteiger partial charge is 0.123 e. The lowest BCUT2D eigenvalue weighted by Crippen LogP contribution is -2.11. The van der Waals surface area contributed by atoms with Gasteiger partial charge in [-0.2, -0.15) is 0 Å². The van der Waals surface area contributed by atoms with Crippen molar-refractivity contribution in [1.29, 1.82) is 0 Å². The second-order valence-corrected chi connectivity index (χ2v) is 3.67. The Kier molecular flexibility index (Phi) is 6.08. The summed E-state index contributed by atoms with van der Waals surface area (Å²) >= 11 is 0. The van der Waals surface area contributed by atoms with Crippen molar-refractivity contribution in [2.24, 2.45) is 5.73 Å². The molecule has 4 heteroatoms. The van der Waals surface area contributed by atoms with E-state index < -0.39 is 0 Å². The molecule has 0 saturated heterocycles. The summed E-state index contributed by atoms with van der Waals surface area (Å²) in [6.45, 7) is 5.32. The summed E-state index contributed by atoms with van der Waals surface area (Å²) in [6, 6.07) is 6.61. The minimum Gasteiger partial charge on any atom is -0.333 e. The van der Waals surface area contributed by atoms with Crippen LogP contribution in [0.4, 0.5) is 4.39 Å². The third-order valence-electron chi connectivity index (χ3n) is 2.44. The molecule has 2 rings (SSSR count). The van der Waals surface area contributed by atoms with Gasteiger partial charge in [-0.25, -0.2) is 9.37 Å². The molecule has 0 unspecified atom stereocenters. The van der Waals surface area contributed by atoms with Gasteiger partial charge in [-0.05, 0) is 17.7 Å². The summed E-state index contributed by atoms with van der Waals surface area (Å²) in [5.41, 5.74) is 7.49. The molecular weight excluding hydrogens is 229 g/mol. The number of hydrogen-bond donors (Lipinski definition) is 1. The van der Waals surface area contributed by atoms with Crippen LogP contribution >= 0.6 is 0 Å². The fourth-order valence-corrected chi connectivity index (χ4v) is 1.69. The van der Waals surface area contributed by atoms with E-state index >= 15 is 0 Å². The second-order valence-electron chi connectivity index (χ2n) is 3.67. The van der Waals surface area contributed by atoms with Gasteiger partial charge in [0.15, 0.2) is 0 Å². The summed E-state index contributed by atoms with van der Waals surface area (Å²) in [5, 5.41) is 0. The highest BCUT2D eigenvalue weighted by Gasteiger charge is 2.03. The van der Waals surface area contributed by atoms with Gasteiger partial charge in [-0.15, -0.1) is 0 Å². The van der Waals surface area contributed by atoms with Crippen LogP contribution in [0.3, 0.4) is 0 Å². The van der Waals surface area contributed by atoms with E-state index in [0.717, 1.165) is 17.8 Å². The number of halogens is 1. The molecule has 3 nitrogen and oxygen atoms in total. The fraction of sp³-hybridized carbons (Fsp3) is 0.357. The van der Waals surface area contributed by atoms with Crippen LogP contribution in [0.1, 0.15) is 25.1 Å². The van der Waals surface area contributed by atoms with Crippen molar-refractivity contribution in [3.05, 3.63) is 53.9 Å². The van der Waals surface area contributed by atoms with Crippen molar-refractivity contribution in [2.75, 3.05) is 6.54 Å². The second kappa shape index (κ2) is 7.61. The highest BCUT2D eigenvalue weighted by atomic mass is 19.1. The van der Waals surface area contributed by atoms with Gasteiger partial charge in [-0.1, -0.05) is 26.0 Å². The standard InChI is InChI=1S/C12H14FN3.C2H6/c13-11-3-1-2-10(6-11)7-12-8-15-9-16(12)5-4-14;1-2/h1-3,6,8-9H,4-5,7,14H2;1-2H3. The van der Waals surface area contributed by atoms with Crippen LogP contribution in [-0.4, -0.2) is 16.1 Å². The molecule has 18 heavy (non-hydrogen) atoms. The molecule has 0 saturated carbocycles. The van der Waals surface area contributed by atoms with Gasteiger partial charge < -0.3 is 10.3 Å². The maximum Gasteiger partial charge on any atom is 0.123 e. The monoisotopic (exact) mass is 249 g/mol. The number of imidazole rings is 1. The Bertz CT molecular complexity index is 466. The molecule has 0 aliphatic rings. The highest BCUT2D eigenvalue weighted by molar-refractivity contribution is 5.21. The van der Waals surface area contributed by atoms with Gasteiger partial charge in [0.2, 0.25) is 0 Å². The summed E-state index contributed by atoms with van der Waals surface area (Å²) < 4.78 is 15.0. The lowest BCUT2D eigenvalue weighted by Gasteiger charge is -2.06. The zero-order chi connectivity index (χ0) is 13.4. The predicted molar refractivity (Wildman–Crippen MR) is 71.8 cm³/mol. The first-order valence-electron chi connectivity index (χ1n) is 6.23. The first-order chi connectivity index (χ1) is 8.79. The van der Waals surface area contributed by atoms with Crippen molar-refractivity contribution in [3.63, 3.8) is 0 Å². The van der Waals surface area contributed by atoms with E-state index in [0.29, 0.717) is 13.0 Å². The third kappa shape index (κ3) is 3.96. The number of hydrogen-bond acceptors (Lipinski definition) is 2. The molecule has 0 atom stereocenters. The van der Waals surface area contributed by atoms with Crippen molar-refractivity contribution in [2.45, 2.75) is 26.8 Å². The van der Waals surface area contributed by atoms with Gasteiger partial charge in [0, 0.05) is 31.4 Å². The molecule has 2 N–H and O–H groups in total. The zero-order valence-electron chi connectivity index (χ0n) is 10.9. The number of benzene rings is 1. The van der Waals surface area contributed by atoms with E-state index in [4.69, 9.17) is 5.73 Å². The van der Waals surface area contributed by atoms with Crippen molar-refractivity contribution in [1.82, 2.24) is 9.55 Å². The van der Waals surface area contributed by atoms with E-state index in [1.807, 2.05) is 24.5 Å². The number of nitrogens with two attached hydrogens (primary N) is 1. The average Bonchev–Trinajstić information content (AvgIpc) is 2.80. The molecule has 1 heterocycles. The summed E-state index contributed by atoms with van der Waals surface area (Å²) in [6.07, 6.45) is 4.22. The Labute approximate surface area is 107 Å². The molecule has 0 fully saturated rings. The van der Waals surface area contributed by atoms with Gasteiger partial charge in [-0.3, -0.25) is 0 Å². The lowest BCUT2D eigenvalue weighted by molar-refractivity contribution is 0.625. The Morgan fingerprint density at radius 2 is 2.11 bits per heavy atom. The van der Waals surface area contributed by atoms with E-state index in [1.54, 1.807) is 24.7 Å². The highest BCUT2D eigenvalue weighted by Crippen LogP contribution is 2.10. The number of aromatic nitrogens is 2. The van der Waals surface area contributed by atoms with E-state index in [1.165, 1.54) is 6.07 Å². The van der Waals surface area contributed by atoms with E-state index in [9.17, 15) is 4.39 Å². The first-order valence-corrected chi connectivity index (χ1v) is 6.23. The van der Waals surface area contributed by atoms with Gasteiger partial charge >= 0.3 is 0 Å². The Balaban J connectivity index is 0.000000771. The fourth-order valence-electron chi connectivity index (χ4n) is 1.69. The summed E-state index contributed by atoms with van der Waals surface area (Å²) in [5.74, 6) is -0.206. The van der Waals surface area contributed by atoms with Crippen LogP contribution in [0.15, 0.2) is 36.8 Å². The Morgan fingerprint density at radius 3 is 2.78 bits per heavy atom. The predicted octanol–water partition coefficient (Wildman–Crippen LogP) is 2.60. The van der Waals surface area contributed by atoms with Crippen LogP contribution in [-0.2, 0) is 13.0 Å². The van der Waals surface area contributed by atoms with Gasteiger partial charge in [0.25, 0.3) is 0 Å². The summed E-state index contributed by atoms with van der Waals surface area (Å²) in [4.78, 5) is 4.07. The molecule has 1 aromatic heterocycles. The largest absolute Gasteiger partial charge is 0.333 e. The Morgan fingerprint density at radius 1 is 1.33 bits per heavy atom. The SMILES string of the molecule is CC.NCCn1cncc1Cc1cccc(F)c1. The molecule has 0 aliphatic heterocycles. The van der Waals surface area contributed by atoms with Gasteiger partial charge in [0.05, 0.1) is 6.33 Å². The first kappa shape index (κ1) is 14.4. The van der Waals surface area contributed by atoms with Crippen molar-refractivity contribution in [3.8, 4) is 0 Å². The number of rotatable bonds is 4. The maximum absolute atomic E-state index is 13.0. The van der Waals surface area contributed by atoms with Crippen LogP contribution in [0, 0.1) is 5.82 Å². The topological polar surface area (TPSA) is 43.8 Å². The minimum atomic E-state index is -0.206. The van der Waals surface area contributed by atoms with Crippen molar-refractivity contribution >= 4 is 0 Å².